The number of amides is 1. The first kappa shape index (κ1) is 18.6. The zero-order chi connectivity index (χ0) is 19.6. The molecule has 27 heavy (non-hydrogen) atoms. The number of aromatic carboxylic acids is 1. The Morgan fingerprint density at radius 2 is 1.89 bits per heavy atom. The molecule has 0 fully saturated rings. The van der Waals surface area contributed by atoms with Crippen LogP contribution >= 0.6 is 0 Å². The van der Waals surface area contributed by atoms with Crippen LogP contribution in [0.3, 0.4) is 0 Å². The third kappa shape index (κ3) is 3.42. The van der Waals surface area contributed by atoms with Crippen molar-refractivity contribution in [2.24, 2.45) is 7.05 Å². The van der Waals surface area contributed by atoms with Crippen molar-refractivity contribution in [3.63, 3.8) is 0 Å². The summed E-state index contributed by atoms with van der Waals surface area (Å²) in [4.78, 5) is 34.3. The molecule has 0 bridgehead atoms. The quantitative estimate of drug-likeness (QED) is 0.653. The summed E-state index contributed by atoms with van der Waals surface area (Å²) < 4.78 is 1.70. The number of aryl methyl sites for hydroxylation is 2. The van der Waals surface area contributed by atoms with E-state index in [1.807, 2.05) is 7.05 Å². The maximum atomic E-state index is 13.0. The predicted octanol–water partition coefficient (Wildman–Crippen LogP) is 0.620. The number of hydrogen-bond donors (Lipinski definition) is 3. The number of rotatable bonds is 2. The third-order valence-electron chi connectivity index (χ3n) is 4.94. The molecule has 2 aromatic rings. The Kier molecular flexibility index (Phi) is 5.24. The van der Waals surface area contributed by atoms with E-state index in [0.29, 0.717) is 36.5 Å². The molecule has 0 atom stereocenters. The summed E-state index contributed by atoms with van der Waals surface area (Å²) in [6, 6.07) is 0. The van der Waals surface area contributed by atoms with Crippen LogP contribution in [0.1, 0.15) is 56.3 Å². The number of hydrogen-bond acceptors (Lipinski definition) is 5. The summed E-state index contributed by atoms with van der Waals surface area (Å²) in [5.41, 5.74) is 4.28. The van der Waals surface area contributed by atoms with Crippen molar-refractivity contribution in [1.29, 1.82) is 0 Å². The molecule has 0 saturated heterocycles. The first-order chi connectivity index (χ1) is 13.0. The van der Waals surface area contributed by atoms with Crippen LogP contribution in [-0.4, -0.2) is 60.0 Å². The average molecular weight is 375 g/mol. The van der Waals surface area contributed by atoms with Crippen molar-refractivity contribution in [3.8, 4) is 0 Å². The van der Waals surface area contributed by atoms with E-state index in [1.165, 1.54) is 0 Å². The van der Waals surface area contributed by atoms with E-state index in [9.17, 15) is 9.59 Å². The third-order valence-corrected chi connectivity index (χ3v) is 4.94. The van der Waals surface area contributed by atoms with Crippen molar-refractivity contribution >= 4 is 18.3 Å². The number of nitrogens with one attached hydrogen (secondary N) is 1. The van der Waals surface area contributed by atoms with Crippen LogP contribution in [0.15, 0.2) is 0 Å². The molecule has 1 aliphatic carbocycles. The van der Waals surface area contributed by atoms with Crippen LogP contribution in [0.4, 0.5) is 0 Å². The summed E-state index contributed by atoms with van der Waals surface area (Å²) in [7, 11) is 1.82. The second-order valence-corrected chi connectivity index (χ2v) is 6.52. The van der Waals surface area contributed by atoms with E-state index in [2.05, 4.69) is 15.3 Å². The van der Waals surface area contributed by atoms with Gasteiger partial charge in [-0.15, -0.1) is 0 Å². The van der Waals surface area contributed by atoms with Gasteiger partial charge in [-0.1, -0.05) is 0 Å². The molecule has 144 valence electrons. The second kappa shape index (κ2) is 7.60. The molecule has 2 aliphatic rings. The largest absolute Gasteiger partial charge is 0.483 e. The van der Waals surface area contributed by atoms with Crippen LogP contribution in [0, 0.1) is 0 Å². The first-order valence-electron chi connectivity index (χ1n) is 8.69. The van der Waals surface area contributed by atoms with Gasteiger partial charge in [0.15, 0.2) is 5.69 Å². The predicted molar refractivity (Wildman–Crippen MR) is 92.5 cm³/mol. The van der Waals surface area contributed by atoms with Gasteiger partial charge in [-0.3, -0.25) is 19.4 Å². The van der Waals surface area contributed by atoms with E-state index in [4.69, 9.17) is 15.0 Å². The number of carbonyl (C=O) groups is 3. The lowest BCUT2D eigenvalue weighted by atomic mass is 9.95. The minimum atomic E-state index is -1.03. The smallest absolute Gasteiger partial charge is 0.356 e. The van der Waals surface area contributed by atoms with Crippen LogP contribution in [0.2, 0.25) is 0 Å². The fourth-order valence-electron chi connectivity index (χ4n) is 3.77. The van der Waals surface area contributed by atoms with E-state index >= 15 is 0 Å². The molecule has 0 unspecified atom stereocenters. The van der Waals surface area contributed by atoms with Crippen LogP contribution < -0.4 is 0 Å². The van der Waals surface area contributed by atoms with E-state index in [0.717, 1.165) is 36.9 Å². The first-order valence-corrected chi connectivity index (χ1v) is 8.69. The highest BCUT2D eigenvalue weighted by Crippen LogP contribution is 2.27. The number of nitrogens with zero attached hydrogens (tertiary/aromatic N) is 4. The van der Waals surface area contributed by atoms with Gasteiger partial charge in [-0.25, -0.2) is 4.79 Å². The number of H-pyrrole nitrogens is 1. The summed E-state index contributed by atoms with van der Waals surface area (Å²) >= 11 is 0. The maximum absolute atomic E-state index is 13.0. The molecular weight excluding hydrogens is 354 g/mol. The molecule has 0 radical (unpaired) electrons. The zero-order valence-electron chi connectivity index (χ0n) is 14.9. The van der Waals surface area contributed by atoms with E-state index in [-0.39, 0.29) is 18.1 Å². The zero-order valence-corrected chi connectivity index (χ0v) is 14.9. The molecule has 10 heteroatoms. The van der Waals surface area contributed by atoms with Gasteiger partial charge >= 0.3 is 5.97 Å². The normalized spacial score (nSPS) is 15.2. The monoisotopic (exact) mass is 375 g/mol. The number of aromatic nitrogens is 4. The van der Waals surface area contributed by atoms with Gasteiger partial charge < -0.3 is 15.1 Å². The summed E-state index contributed by atoms with van der Waals surface area (Å²) in [5, 5.41) is 27.2. The molecular formula is C17H21N5O5. The Balaban J connectivity index is 0.000000659. The molecule has 2 aromatic heterocycles. The second-order valence-electron chi connectivity index (χ2n) is 6.52. The number of fused-ring (bicyclic) bond motifs is 2. The standard InChI is InChI=1S/C16H19N5O3.CH2O2/c1-20-14(10-4-2-3-5-11(10)19-20)15(22)21-7-6-9-12(8-21)17-18-13(9)16(23)24;2-1-3/h2-8H2,1H3,(H,17,18)(H,23,24);1H,(H,2,3). The van der Waals surface area contributed by atoms with Gasteiger partial charge in [0.2, 0.25) is 0 Å². The molecule has 4 rings (SSSR count). The number of carbonyl (C=O) groups excluding carboxylic acids is 1. The molecule has 1 amide bonds. The lowest BCUT2D eigenvalue weighted by Crippen LogP contribution is -2.37. The van der Waals surface area contributed by atoms with Crippen molar-refractivity contribution in [1.82, 2.24) is 24.9 Å². The Morgan fingerprint density at radius 1 is 1.19 bits per heavy atom. The fraction of sp³-hybridized carbons (Fsp3) is 0.471. The molecule has 3 N–H and O–H groups in total. The molecule has 0 aromatic carbocycles. The Morgan fingerprint density at radius 3 is 2.59 bits per heavy atom. The highest BCUT2D eigenvalue weighted by atomic mass is 16.4. The highest BCUT2D eigenvalue weighted by Gasteiger charge is 2.31. The minimum Gasteiger partial charge on any atom is -0.483 e. The maximum Gasteiger partial charge on any atom is 0.356 e. The Bertz CT molecular complexity index is 885. The summed E-state index contributed by atoms with van der Waals surface area (Å²) in [5.74, 6) is -1.07. The Labute approximate surface area is 154 Å². The lowest BCUT2D eigenvalue weighted by molar-refractivity contribution is -0.122. The van der Waals surface area contributed by atoms with Crippen molar-refractivity contribution in [2.45, 2.75) is 38.6 Å². The van der Waals surface area contributed by atoms with Crippen LogP contribution in [0.5, 0.6) is 0 Å². The Hall–Kier alpha value is -3.17. The number of carboxylic acids is 1. The van der Waals surface area contributed by atoms with Gasteiger partial charge in [0, 0.05) is 24.7 Å². The molecule has 0 spiro atoms. The SMILES string of the molecule is Cn1nc2c(c1C(=O)N1CCc3c(C(=O)O)n[nH]c3C1)CCCC2.O=CO. The molecule has 3 heterocycles. The molecule has 10 nitrogen and oxygen atoms in total. The summed E-state index contributed by atoms with van der Waals surface area (Å²) in [6.45, 7) is 0.597. The highest BCUT2D eigenvalue weighted by molar-refractivity contribution is 5.95. The van der Waals surface area contributed by atoms with Gasteiger partial charge in [0.25, 0.3) is 12.4 Å². The van der Waals surface area contributed by atoms with Crippen molar-refractivity contribution < 1.29 is 24.6 Å². The fourth-order valence-corrected chi connectivity index (χ4v) is 3.77. The summed E-state index contributed by atoms with van der Waals surface area (Å²) in [6.07, 6.45) is 4.54. The average Bonchev–Trinajstić information content (AvgIpc) is 3.21. The van der Waals surface area contributed by atoms with E-state index < -0.39 is 5.97 Å². The van der Waals surface area contributed by atoms with Crippen molar-refractivity contribution in [2.75, 3.05) is 6.54 Å². The van der Waals surface area contributed by atoms with Gasteiger partial charge in [-0.2, -0.15) is 10.2 Å². The molecule has 1 aliphatic heterocycles. The number of carboxylic acid groups (broad SMARTS) is 2. The molecule has 0 saturated carbocycles. The van der Waals surface area contributed by atoms with Gasteiger partial charge in [0.05, 0.1) is 17.9 Å². The minimum absolute atomic E-state index is 0.0368. The topological polar surface area (TPSA) is 141 Å². The van der Waals surface area contributed by atoms with E-state index in [1.54, 1.807) is 9.58 Å². The van der Waals surface area contributed by atoms with Crippen LogP contribution in [0.25, 0.3) is 0 Å². The van der Waals surface area contributed by atoms with Crippen molar-refractivity contribution in [3.05, 3.63) is 33.9 Å². The van der Waals surface area contributed by atoms with Crippen LogP contribution in [-0.2, 0) is 37.6 Å². The number of aromatic amines is 1. The lowest BCUT2D eigenvalue weighted by Gasteiger charge is -2.27. The van der Waals surface area contributed by atoms with Gasteiger partial charge in [0.1, 0.15) is 5.69 Å². The van der Waals surface area contributed by atoms with Gasteiger partial charge in [-0.05, 0) is 32.1 Å².